The average Bonchev–Trinajstić information content (AvgIpc) is 2.60. The quantitative estimate of drug-likeness (QED) is 0.827. The summed E-state index contributed by atoms with van der Waals surface area (Å²) in [4.78, 5) is 2.24. The molecule has 2 aromatic rings. The fraction of sp³-hybridized carbons (Fsp3) is 0.167. The fourth-order valence-corrected chi connectivity index (χ4v) is 2.61. The number of benzene rings is 1. The Morgan fingerprint density at radius 1 is 1.33 bits per heavy atom. The Labute approximate surface area is 92.4 Å². The monoisotopic (exact) mass is 221 g/mol. The first-order valence-electron chi connectivity index (χ1n) is 4.76. The smallest absolute Gasteiger partial charge is 0.123 e. The lowest BCUT2D eigenvalue weighted by Crippen LogP contribution is -1.91. The molecule has 1 aromatic heterocycles. The first-order chi connectivity index (χ1) is 7.20. The molecule has 1 nitrogen and oxygen atoms in total. The summed E-state index contributed by atoms with van der Waals surface area (Å²) in [6.07, 6.45) is 0. The van der Waals surface area contributed by atoms with Crippen molar-refractivity contribution >= 4 is 11.3 Å². The van der Waals surface area contributed by atoms with Gasteiger partial charge in [0.1, 0.15) is 5.82 Å². The topological polar surface area (TPSA) is 26.0 Å². The SMILES string of the molecule is Cc1cc(CN)sc1-c1cccc(F)c1. The van der Waals surface area contributed by atoms with E-state index >= 15 is 0 Å². The number of aryl methyl sites for hydroxylation is 1. The molecular weight excluding hydrogens is 209 g/mol. The molecule has 0 atom stereocenters. The van der Waals surface area contributed by atoms with E-state index in [1.54, 1.807) is 23.5 Å². The number of thiophene rings is 1. The van der Waals surface area contributed by atoms with Crippen molar-refractivity contribution in [2.45, 2.75) is 13.5 Å². The van der Waals surface area contributed by atoms with Crippen molar-refractivity contribution in [1.29, 1.82) is 0 Å². The first kappa shape index (κ1) is 10.3. The number of rotatable bonds is 2. The Morgan fingerprint density at radius 3 is 2.73 bits per heavy atom. The standard InChI is InChI=1S/C12H12FNS/c1-8-5-11(7-14)15-12(8)9-3-2-4-10(13)6-9/h2-6H,7,14H2,1H3. The first-order valence-corrected chi connectivity index (χ1v) is 5.57. The summed E-state index contributed by atoms with van der Waals surface area (Å²) in [6.45, 7) is 2.57. The van der Waals surface area contributed by atoms with Crippen LogP contribution in [-0.4, -0.2) is 0 Å². The lowest BCUT2D eigenvalue weighted by atomic mass is 10.1. The molecule has 0 aliphatic heterocycles. The minimum absolute atomic E-state index is 0.199. The molecule has 0 saturated carbocycles. The number of nitrogens with two attached hydrogens (primary N) is 1. The van der Waals surface area contributed by atoms with E-state index in [-0.39, 0.29) is 5.82 Å². The summed E-state index contributed by atoms with van der Waals surface area (Å²) in [5.74, 6) is -0.199. The molecule has 78 valence electrons. The Kier molecular flexibility index (Phi) is 2.84. The highest BCUT2D eigenvalue weighted by Gasteiger charge is 2.07. The molecule has 0 aliphatic rings. The van der Waals surface area contributed by atoms with Crippen molar-refractivity contribution in [1.82, 2.24) is 0 Å². The van der Waals surface area contributed by atoms with Crippen LogP contribution in [0.5, 0.6) is 0 Å². The number of hydrogen-bond acceptors (Lipinski definition) is 2. The highest BCUT2D eigenvalue weighted by atomic mass is 32.1. The second-order valence-corrected chi connectivity index (χ2v) is 4.58. The lowest BCUT2D eigenvalue weighted by molar-refractivity contribution is 0.628. The van der Waals surface area contributed by atoms with Gasteiger partial charge in [0.25, 0.3) is 0 Å². The minimum atomic E-state index is -0.199. The van der Waals surface area contributed by atoms with Crippen molar-refractivity contribution in [3.05, 3.63) is 46.6 Å². The van der Waals surface area contributed by atoms with Gasteiger partial charge in [-0.25, -0.2) is 4.39 Å². The molecule has 0 radical (unpaired) electrons. The van der Waals surface area contributed by atoms with Gasteiger partial charge in [0.2, 0.25) is 0 Å². The molecule has 0 unspecified atom stereocenters. The van der Waals surface area contributed by atoms with Gasteiger partial charge in [0.05, 0.1) is 0 Å². The summed E-state index contributed by atoms with van der Waals surface area (Å²) >= 11 is 1.63. The van der Waals surface area contributed by atoms with Crippen LogP contribution in [0.25, 0.3) is 10.4 Å². The Hall–Kier alpha value is -1.19. The second-order valence-electron chi connectivity index (χ2n) is 3.44. The Morgan fingerprint density at radius 2 is 2.13 bits per heavy atom. The van der Waals surface area contributed by atoms with E-state index in [0.717, 1.165) is 20.9 Å². The maximum atomic E-state index is 13.1. The third-order valence-corrected chi connectivity index (χ3v) is 3.57. The zero-order chi connectivity index (χ0) is 10.8. The third kappa shape index (κ3) is 2.08. The van der Waals surface area contributed by atoms with E-state index in [1.165, 1.54) is 6.07 Å². The van der Waals surface area contributed by atoms with Gasteiger partial charge in [0.15, 0.2) is 0 Å². The van der Waals surface area contributed by atoms with Crippen LogP contribution >= 0.6 is 11.3 Å². The highest BCUT2D eigenvalue weighted by Crippen LogP contribution is 2.32. The highest BCUT2D eigenvalue weighted by molar-refractivity contribution is 7.15. The second kappa shape index (κ2) is 4.13. The maximum Gasteiger partial charge on any atom is 0.123 e. The van der Waals surface area contributed by atoms with Crippen LogP contribution in [0.15, 0.2) is 30.3 Å². The van der Waals surface area contributed by atoms with Crippen LogP contribution in [0.3, 0.4) is 0 Å². The molecule has 0 saturated heterocycles. The van der Waals surface area contributed by atoms with E-state index in [2.05, 4.69) is 6.07 Å². The summed E-state index contributed by atoms with van der Waals surface area (Å²) in [6, 6.07) is 8.72. The van der Waals surface area contributed by atoms with Gasteiger partial charge in [0, 0.05) is 16.3 Å². The number of halogens is 1. The Balaban J connectivity index is 2.48. The van der Waals surface area contributed by atoms with Crippen LogP contribution in [0.1, 0.15) is 10.4 Å². The van der Waals surface area contributed by atoms with Gasteiger partial charge in [-0.3, -0.25) is 0 Å². The molecule has 15 heavy (non-hydrogen) atoms. The van der Waals surface area contributed by atoms with Gasteiger partial charge in [-0.2, -0.15) is 0 Å². The average molecular weight is 221 g/mol. The van der Waals surface area contributed by atoms with Crippen LogP contribution in [0, 0.1) is 12.7 Å². The zero-order valence-corrected chi connectivity index (χ0v) is 9.27. The van der Waals surface area contributed by atoms with E-state index in [0.29, 0.717) is 6.54 Å². The van der Waals surface area contributed by atoms with Crippen molar-refractivity contribution in [2.75, 3.05) is 0 Å². The molecular formula is C12H12FNS. The van der Waals surface area contributed by atoms with Crippen molar-refractivity contribution in [3.63, 3.8) is 0 Å². The van der Waals surface area contributed by atoms with Gasteiger partial charge >= 0.3 is 0 Å². The van der Waals surface area contributed by atoms with Gasteiger partial charge in [-0.05, 0) is 36.2 Å². The molecule has 3 heteroatoms. The van der Waals surface area contributed by atoms with E-state index in [1.807, 2.05) is 13.0 Å². The van der Waals surface area contributed by atoms with Crippen molar-refractivity contribution < 1.29 is 4.39 Å². The zero-order valence-electron chi connectivity index (χ0n) is 8.46. The molecule has 0 spiro atoms. The van der Waals surface area contributed by atoms with Crippen LogP contribution in [-0.2, 0) is 6.54 Å². The molecule has 0 amide bonds. The lowest BCUT2D eigenvalue weighted by Gasteiger charge is -1.99. The van der Waals surface area contributed by atoms with Gasteiger partial charge in [-0.15, -0.1) is 11.3 Å². The number of hydrogen-bond donors (Lipinski definition) is 1. The largest absolute Gasteiger partial charge is 0.326 e. The summed E-state index contributed by atoms with van der Waals surface area (Å²) in [7, 11) is 0. The normalized spacial score (nSPS) is 10.6. The summed E-state index contributed by atoms with van der Waals surface area (Å²) in [5, 5.41) is 0. The van der Waals surface area contributed by atoms with Gasteiger partial charge < -0.3 is 5.73 Å². The van der Waals surface area contributed by atoms with Gasteiger partial charge in [-0.1, -0.05) is 12.1 Å². The van der Waals surface area contributed by atoms with E-state index in [4.69, 9.17) is 5.73 Å². The molecule has 2 rings (SSSR count). The predicted molar refractivity (Wildman–Crippen MR) is 62.3 cm³/mol. The predicted octanol–water partition coefficient (Wildman–Crippen LogP) is 3.32. The molecule has 2 N–H and O–H groups in total. The van der Waals surface area contributed by atoms with Crippen LogP contribution < -0.4 is 5.73 Å². The maximum absolute atomic E-state index is 13.1. The van der Waals surface area contributed by atoms with E-state index < -0.39 is 0 Å². The summed E-state index contributed by atoms with van der Waals surface area (Å²) in [5.41, 5.74) is 7.66. The fourth-order valence-electron chi connectivity index (χ4n) is 1.56. The van der Waals surface area contributed by atoms with Crippen molar-refractivity contribution in [3.8, 4) is 10.4 Å². The molecule has 1 heterocycles. The molecule has 0 aliphatic carbocycles. The van der Waals surface area contributed by atoms with Crippen LogP contribution in [0.4, 0.5) is 4.39 Å². The minimum Gasteiger partial charge on any atom is -0.326 e. The molecule has 0 bridgehead atoms. The Bertz CT molecular complexity index is 476. The summed E-state index contributed by atoms with van der Waals surface area (Å²) < 4.78 is 13.1. The third-order valence-electron chi connectivity index (χ3n) is 2.26. The van der Waals surface area contributed by atoms with E-state index in [9.17, 15) is 4.39 Å². The molecule has 1 aromatic carbocycles. The molecule has 0 fully saturated rings. The van der Waals surface area contributed by atoms with Crippen molar-refractivity contribution in [2.24, 2.45) is 5.73 Å². The van der Waals surface area contributed by atoms with Crippen LogP contribution in [0.2, 0.25) is 0 Å².